The second-order valence-electron chi connectivity index (χ2n) is 8.98. The number of para-hydroxylation sites is 1. The number of fused-ring (bicyclic) bond motifs is 2. The summed E-state index contributed by atoms with van der Waals surface area (Å²) in [6, 6.07) is 39.5. The fourth-order valence-electron chi connectivity index (χ4n) is 5.03. The molecule has 0 radical (unpaired) electrons. The minimum absolute atomic E-state index is 0.311. The maximum absolute atomic E-state index is 2.42. The molecule has 1 unspecified atom stereocenters. The van der Waals surface area contributed by atoms with Crippen molar-refractivity contribution < 1.29 is 0 Å². The lowest BCUT2D eigenvalue weighted by Gasteiger charge is -2.32. The Kier molecular flexibility index (Phi) is 5.74. The van der Waals surface area contributed by atoms with Crippen molar-refractivity contribution in [1.82, 2.24) is 0 Å². The SMILES string of the molecule is C1=CCC(N(c2ccccc2)c2ccc(C=Cc3c4ccccc4cc4ccccc34)cc2)C=C1. The third-order valence-electron chi connectivity index (χ3n) is 6.75. The summed E-state index contributed by atoms with van der Waals surface area (Å²) in [5, 5.41) is 5.11. The molecule has 0 amide bonds. The number of hydrogen-bond donors (Lipinski definition) is 0. The van der Waals surface area contributed by atoms with E-state index in [0.717, 1.165) is 6.42 Å². The largest absolute Gasteiger partial charge is 0.334 e. The van der Waals surface area contributed by atoms with Gasteiger partial charge in [0.05, 0.1) is 6.04 Å². The van der Waals surface area contributed by atoms with Crippen LogP contribution in [0.25, 0.3) is 33.7 Å². The molecule has 0 aliphatic heterocycles. The number of hydrogen-bond acceptors (Lipinski definition) is 1. The Balaban J connectivity index is 1.36. The van der Waals surface area contributed by atoms with Gasteiger partial charge in [-0.2, -0.15) is 0 Å². The molecule has 0 spiro atoms. The van der Waals surface area contributed by atoms with E-state index in [1.165, 1.54) is 44.0 Å². The van der Waals surface area contributed by atoms with Crippen LogP contribution in [0.1, 0.15) is 17.5 Å². The molecule has 35 heavy (non-hydrogen) atoms. The van der Waals surface area contributed by atoms with Gasteiger partial charge in [0.25, 0.3) is 0 Å². The number of rotatable bonds is 5. The van der Waals surface area contributed by atoms with Crippen LogP contribution in [0.4, 0.5) is 11.4 Å². The van der Waals surface area contributed by atoms with E-state index >= 15 is 0 Å². The van der Waals surface area contributed by atoms with Gasteiger partial charge in [0.2, 0.25) is 0 Å². The van der Waals surface area contributed by atoms with Gasteiger partial charge in [-0.25, -0.2) is 0 Å². The van der Waals surface area contributed by atoms with E-state index in [1.807, 2.05) is 0 Å². The molecule has 1 aliphatic carbocycles. The van der Waals surface area contributed by atoms with Crippen LogP contribution in [0.5, 0.6) is 0 Å². The first-order valence-corrected chi connectivity index (χ1v) is 12.2. The van der Waals surface area contributed by atoms with Gasteiger partial charge in [-0.1, -0.05) is 115 Å². The summed E-state index contributed by atoms with van der Waals surface area (Å²) in [4.78, 5) is 2.42. The van der Waals surface area contributed by atoms with Crippen molar-refractivity contribution >= 4 is 45.1 Å². The quantitative estimate of drug-likeness (QED) is 0.191. The molecule has 0 fully saturated rings. The minimum Gasteiger partial charge on any atom is -0.334 e. The van der Waals surface area contributed by atoms with Crippen LogP contribution in [-0.2, 0) is 0 Å². The number of benzene rings is 5. The van der Waals surface area contributed by atoms with Crippen LogP contribution >= 0.6 is 0 Å². The highest BCUT2D eigenvalue weighted by Crippen LogP contribution is 2.32. The second kappa shape index (κ2) is 9.48. The van der Waals surface area contributed by atoms with Gasteiger partial charge >= 0.3 is 0 Å². The molecule has 0 saturated carbocycles. The zero-order valence-corrected chi connectivity index (χ0v) is 19.6. The molecule has 1 heteroatoms. The summed E-state index contributed by atoms with van der Waals surface area (Å²) in [6.45, 7) is 0. The summed E-state index contributed by atoms with van der Waals surface area (Å²) in [5.74, 6) is 0. The van der Waals surface area contributed by atoms with E-state index in [2.05, 4.69) is 151 Å². The van der Waals surface area contributed by atoms with Gasteiger partial charge in [0, 0.05) is 11.4 Å². The number of anilines is 2. The van der Waals surface area contributed by atoms with Crippen LogP contribution in [0.2, 0.25) is 0 Å². The van der Waals surface area contributed by atoms with Gasteiger partial charge in [0.15, 0.2) is 0 Å². The molecule has 5 aromatic carbocycles. The molecule has 0 N–H and O–H groups in total. The van der Waals surface area contributed by atoms with Crippen molar-refractivity contribution in [3.63, 3.8) is 0 Å². The standard InChI is InChI=1S/C34H27N/c1-3-13-29(14-4-1)35(30-15-5-2-6-16-30)31-22-19-26(20-23-31)21-24-34-32-17-9-7-11-27(32)25-28-12-8-10-18-33(28)34/h1-15,17-25,30H,16H2. The van der Waals surface area contributed by atoms with Crippen LogP contribution in [0.15, 0.2) is 133 Å². The van der Waals surface area contributed by atoms with Gasteiger partial charge in [-0.3, -0.25) is 0 Å². The predicted octanol–water partition coefficient (Wildman–Crippen LogP) is 9.19. The van der Waals surface area contributed by atoms with E-state index in [9.17, 15) is 0 Å². The maximum atomic E-state index is 2.42. The molecule has 6 rings (SSSR count). The first kappa shape index (κ1) is 21.2. The van der Waals surface area contributed by atoms with Crippen molar-refractivity contribution in [2.45, 2.75) is 12.5 Å². The summed E-state index contributed by atoms with van der Waals surface area (Å²) >= 11 is 0. The summed E-state index contributed by atoms with van der Waals surface area (Å²) in [6.07, 6.45) is 14.3. The average Bonchev–Trinajstić information content (AvgIpc) is 2.93. The van der Waals surface area contributed by atoms with E-state index in [1.54, 1.807) is 0 Å². The van der Waals surface area contributed by atoms with Gasteiger partial charge in [0.1, 0.15) is 0 Å². The molecule has 5 aromatic rings. The maximum Gasteiger partial charge on any atom is 0.0559 e. The third-order valence-corrected chi connectivity index (χ3v) is 6.75. The predicted molar refractivity (Wildman–Crippen MR) is 152 cm³/mol. The highest BCUT2D eigenvalue weighted by molar-refractivity contribution is 6.07. The molecular weight excluding hydrogens is 422 g/mol. The highest BCUT2D eigenvalue weighted by atomic mass is 15.2. The molecular formula is C34H27N. The molecule has 168 valence electrons. The van der Waals surface area contributed by atoms with Crippen LogP contribution in [0, 0.1) is 0 Å². The molecule has 1 aliphatic rings. The summed E-state index contributed by atoms with van der Waals surface area (Å²) in [7, 11) is 0. The van der Waals surface area contributed by atoms with Crippen molar-refractivity contribution in [2.75, 3.05) is 4.90 Å². The Morgan fingerprint density at radius 1 is 0.600 bits per heavy atom. The minimum atomic E-state index is 0.311. The first-order valence-electron chi connectivity index (χ1n) is 12.2. The molecule has 0 aromatic heterocycles. The summed E-state index contributed by atoms with van der Waals surface area (Å²) < 4.78 is 0. The summed E-state index contributed by atoms with van der Waals surface area (Å²) in [5.41, 5.74) is 4.88. The zero-order chi connectivity index (χ0) is 23.5. The van der Waals surface area contributed by atoms with Crippen molar-refractivity contribution in [2.24, 2.45) is 0 Å². The smallest absolute Gasteiger partial charge is 0.0559 e. The Hall–Kier alpha value is -4.36. The van der Waals surface area contributed by atoms with Gasteiger partial charge in [-0.15, -0.1) is 0 Å². The van der Waals surface area contributed by atoms with Crippen molar-refractivity contribution in [3.8, 4) is 0 Å². The number of nitrogens with zero attached hydrogens (tertiary/aromatic N) is 1. The van der Waals surface area contributed by atoms with Crippen LogP contribution in [-0.4, -0.2) is 6.04 Å². The zero-order valence-electron chi connectivity index (χ0n) is 19.6. The average molecular weight is 450 g/mol. The Morgan fingerprint density at radius 3 is 1.89 bits per heavy atom. The molecule has 0 saturated heterocycles. The lowest BCUT2D eigenvalue weighted by atomic mass is 9.96. The molecule has 1 nitrogen and oxygen atoms in total. The third kappa shape index (κ3) is 4.29. The lowest BCUT2D eigenvalue weighted by Crippen LogP contribution is -2.29. The fourth-order valence-corrected chi connectivity index (χ4v) is 5.03. The highest BCUT2D eigenvalue weighted by Gasteiger charge is 2.18. The Bertz CT molecular complexity index is 1500. The Labute approximate surface area is 207 Å². The lowest BCUT2D eigenvalue weighted by molar-refractivity contribution is 0.785. The van der Waals surface area contributed by atoms with Crippen LogP contribution in [0.3, 0.4) is 0 Å². The molecule has 0 bridgehead atoms. The fraction of sp³-hybridized carbons (Fsp3) is 0.0588. The van der Waals surface area contributed by atoms with Gasteiger partial charge < -0.3 is 4.90 Å². The van der Waals surface area contributed by atoms with Crippen molar-refractivity contribution in [3.05, 3.63) is 145 Å². The second-order valence-corrected chi connectivity index (χ2v) is 8.98. The van der Waals surface area contributed by atoms with Gasteiger partial charge in [-0.05, 0) is 69.4 Å². The topological polar surface area (TPSA) is 3.24 Å². The first-order chi connectivity index (χ1) is 17.4. The number of allylic oxidation sites excluding steroid dienone is 2. The normalized spacial score (nSPS) is 15.3. The molecule has 0 heterocycles. The van der Waals surface area contributed by atoms with Crippen molar-refractivity contribution in [1.29, 1.82) is 0 Å². The van der Waals surface area contributed by atoms with E-state index in [0.29, 0.717) is 6.04 Å². The van der Waals surface area contributed by atoms with E-state index in [4.69, 9.17) is 0 Å². The Morgan fingerprint density at radius 2 is 1.23 bits per heavy atom. The van der Waals surface area contributed by atoms with E-state index < -0.39 is 0 Å². The molecule has 1 atom stereocenters. The monoisotopic (exact) mass is 449 g/mol. The van der Waals surface area contributed by atoms with E-state index in [-0.39, 0.29) is 0 Å². The van der Waals surface area contributed by atoms with Crippen LogP contribution < -0.4 is 4.90 Å².